The highest BCUT2D eigenvalue weighted by atomic mass is 16.5. The van der Waals surface area contributed by atoms with E-state index in [0.717, 1.165) is 24.0 Å². The molecule has 0 unspecified atom stereocenters. The zero-order valence-electron chi connectivity index (χ0n) is 18.7. The first-order chi connectivity index (χ1) is 15.0. The van der Waals surface area contributed by atoms with Crippen molar-refractivity contribution in [3.63, 3.8) is 0 Å². The number of unbranched alkanes of at least 4 members (excludes halogenated alkanes) is 4. The van der Waals surface area contributed by atoms with Crippen LogP contribution in [0.1, 0.15) is 64.0 Å². The maximum atomic E-state index is 12.3. The van der Waals surface area contributed by atoms with Crippen molar-refractivity contribution in [1.29, 1.82) is 0 Å². The molecule has 31 heavy (non-hydrogen) atoms. The van der Waals surface area contributed by atoms with Crippen LogP contribution in [0.5, 0.6) is 0 Å². The quantitative estimate of drug-likeness (QED) is 0.403. The number of furan rings is 1. The van der Waals surface area contributed by atoms with Gasteiger partial charge in [0.1, 0.15) is 5.76 Å². The highest BCUT2D eigenvalue weighted by molar-refractivity contribution is 5.90. The number of benzene rings is 1. The number of carbonyl (C=O) groups excluding carboxylic acids is 1. The molecular weight excluding hydrogens is 396 g/mol. The van der Waals surface area contributed by atoms with Gasteiger partial charge in [0.05, 0.1) is 12.5 Å². The fourth-order valence-electron chi connectivity index (χ4n) is 3.30. The monoisotopic (exact) mass is 430 g/mol. The van der Waals surface area contributed by atoms with Gasteiger partial charge >= 0.3 is 12.0 Å². The third-order valence-electron chi connectivity index (χ3n) is 5.08. The lowest BCUT2D eigenvalue weighted by molar-refractivity contribution is -0.140. The Morgan fingerprint density at radius 2 is 1.77 bits per heavy atom. The molecule has 2 rings (SSSR count). The first-order valence-corrected chi connectivity index (χ1v) is 11.0. The average Bonchev–Trinajstić information content (AvgIpc) is 3.25. The zero-order valence-corrected chi connectivity index (χ0v) is 18.7. The van der Waals surface area contributed by atoms with Crippen LogP contribution in [0.3, 0.4) is 0 Å². The minimum Gasteiger partial charge on any atom is -0.481 e. The maximum absolute atomic E-state index is 12.3. The van der Waals surface area contributed by atoms with Crippen LogP contribution in [-0.4, -0.2) is 37.3 Å². The first-order valence-electron chi connectivity index (χ1n) is 11.0. The Hall–Kier alpha value is -2.80. The summed E-state index contributed by atoms with van der Waals surface area (Å²) in [6, 6.07) is 10.8. The minimum absolute atomic E-state index is 0.0867. The first kappa shape index (κ1) is 24.5. The third kappa shape index (κ3) is 7.75. The number of ether oxygens (including phenoxy) is 1. The number of urea groups is 1. The third-order valence-corrected chi connectivity index (χ3v) is 5.08. The minimum atomic E-state index is -0.902. The van der Waals surface area contributed by atoms with E-state index in [2.05, 4.69) is 12.2 Å². The highest BCUT2D eigenvalue weighted by Gasteiger charge is 2.17. The number of hydrogen-bond donors (Lipinski definition) is 2. The Morgan fingerprint density at radius 1 is 1.06 bits per heavy atom. The zero-order chi connectivity index (χ0) is 22.6. The largest absolute Gasteiger partial charge is 0.481 e. The Bertz CT molecular complexity index is 816. The number of aliphatic carboxylic acids is 1. The number of hydrogen-bond acceptors (Lipinski definition) is 4. The molecule has 2 amide bonds. The van der Waals surface area contributed by atoms with Crippen molar-refractivity contribution < 1.29 is 23.8 Å². The second kappa shape index (κ2) is 12.8. The summed E-state index contributed by atoms with van der Waals surface area (Å²) in [7, 11) is 1.68. The van der Waals surface area contributed by atoms with Crippen LogP contribution in [0.25, 0.3) is 11.3 Å². The van der Waals surface area contributed by atoms with Gasteiger partial charge in [-0.05, 0) is 25.0 Å². The standard InChI is InChI=1S/C24H34N2O5/c1-4-6-7-8-9-16-25-24(29)26(3)22-15-14-20(31-22)18-10-12-19(13-11-18)21(30-5-2)17-23(27)28/h10-15,21H,4-9,16-17H2,1-3H3,(H,25,29)(H,27,28)/t21-/m0/s1. The van der Waals surface area contributed by atoms with Crippen LogP contribution < -0.4 is 10.2 Å². The molecule has 2 aromatic rings. The predicted octanol–water partition coefficient (Wildman–Crippen LogP) is 5.62. The lowest BCUT2D eigenvalue weighted by Crippen LogP contribution is -2.37. The van der Waals surface area contributed by atoms with Gasteiger partial charge in [-0.3, -0.25) is 9.69 Å². The molecule has 0 aliphatic carbocycles. The number of rotatable bonds is 13. The van der Waals surface area contributed by atoms with Gasteiger partial charge in [0.2, 0.25) is 5.88 Å². The second-order valence-corrected chi connectivity index (χ2v) is 7.51. The van der Waals surface area contributed by atoms with Crippen LogP contribution in [0.15, 0.2) is 40.8 Å². The summed E-state index contributed by atoms with van der Waals surface area (Å²) in [5.41, 5.74) is 1.64. The summed E-state index contributed by atoms with van der Waals surface area (Å²) in [6.07, 6.45) is 5.15. The van der Waals surface area contributed by atoms with E-state index >= 15 is 0 Å². The summed E-state index contributed by atoms with van der Waals surface area (Å²) < 4.78 is 11.4. The Labute approximate surface area is 184 Å². The molecule has 1 aromatic carbocycles. The number of anilines is 1. The summed E-state index contributed by atoms with van der Waals surface area (Å²) >= 11 is 0. The van der Waals surface area contributed by atoms with E-state index in [1.807, 2.05) is 37.3 Å². The Balaban J connectivity index is 1.95. The average molecular weight is 431 g/mol. The molecule has 7 nitrogen and oxygen atoms in total. The normalized spacial score (nSPS) is 11.8. The molecule has 0 saturated carbocycles. The summed E-state index contributed by atoms with van der Waals surface area (Å²) in [6.45, 7) is 5.11. The van der Waals surface area contributed by atoms with Gasteiger partial charge in [-0.25, -0.2) is 4.79 Å². The fraction of sp³-hybridized carbons (Fsp3) is 0.500. The van der Waals surface area contributed by atoms with Crippen LogP contribution in [0, 0.1) is 0 Å². The number of nitrogens with one attached hydrogen (secondary N) is 1. The van der Waals surface area contributed by atoms with Crippen LogP contribution in [0.2, 0.25) is 0 Å². The van der Waals surface area contributed by atoms with E-state index in [0.29, 0.717) is 24.8 Å². The molecule has 170 valence electrons. The molecule has 0 spiro atoms. The molecular formula is C24H34N2O5. The molecule has 1 aromatic heterocycles. The maximum Gasteiger partial charge on any atom is 0.323 e. The van der Waals surface area contributed by atoms with Gasteiger partial charge in [-0.15, -0.1) is 0 Å². The molecule has 0 saturated heterocycles. The number of carbonyl (C=O) groups is 2. The van der Waals surface area contributed by atoms with E-state index in [1.54, 1.807) is 13.1 Å². The number of nitrogens with zero attached hydrogens (tertiary/aromatic N) is 1. The van der Waals surface area contributed by atoms with Gasteiger partial charge in [0.15, 0.2) is 0 Å². The lowest BCUT2D eigenvalue weighted by Gasteiger charge is -2.16. The summed E-state index contributed by atoms with van der Waals surface area (Å²) in [4.78, 5) is 24.9. The van der Waals surface area contributed by atoms with Gasteiger partial charge in [0.25, 0.3) is 0 Å². The van der Waals surface area contributed by atoms with Gasteiger partial charge in [-0.2, -0.15) is 0 Å². The molecule has 0 fully saturated rings. The predicted molar refractivity (Wildman–Crippen MR) is 121 cm³/mol. The highest BCUT2D eigenvalue weighted by Crippen LogP contribution is 2.29. The molecule has 0 aliphatic rings. The fourth-order valence-corrected chi connectivity index (χ4v) is 3.30. The van der Waals surface area contributed by atoms with Crippen molar-refractivity contribution in [1.82, 2.24) is 5.32 Å². The van der Waals surface area contributed by atoms with Gasteiger partial charge in [-0.1, -0.05) is 56.9 Å². The molecule has 1 heterocycles. The molecule has 0 radical (unpaired) electrons. The number of carboxylic acid groups (broad SMARTS) is 1. The smallest absolute Gasteiger partial charge is 0.323 e. The van der Waals surface area contributed by atoms with Gasteiger partial charge in [0, 0.05) is 31.8 Å². The Kier molecular flexibility index (Phi) is 10.1. The molecule has 2 N–H and O–H groups in total. The second-order valence-electron chi connectivity index (χ2n) is 7.51. The lowest BCUT2D eigenvalue weighted by atomic mass is 10.0. The summed E-state index contributed by atoms with van der Waals surface area (Å²) in [5, 5.41) is 12.0. The summed E-state index contributed by atoms with van der Waals surface area (Å²) in [5.74, 6) is 0.188. The van der Waals surface area contributed by atoms with E-state index < -0.39 is 12.1 Å². The van der Waals surface area contributed by atoms with Crippen molar-refractivity contribution in [2.45, 2.75) is 58.5 Å². The van der Waals surface area contributed by atoms with Crippen molar-refractivity contribution in [2.24, 2.45) is 0 Å². The van der Waals surface area contributed by atoms with E-state index in [1.165, 1.54) is 24.2 Å². The van der Waals surface area contributed by atoms with Crippen LogP contribution in [0.4, 0.5) is 10.7 Å². The van der Waals surface area contributed by atoms with E-state index in [-0.39, 0.29) is 12.5 Å². The van der Waals surface area contributed by atoms with Crippen LogP contribution in [-0.2, 0) is 9.53 Å². The molecule has 0 aliphatic heterocycles. The van der Waals surface area contributed by atoms with E-state index in [4.69, 9.17) is 14.3 Å². The Morgan fingerprint density at radius 3 is 2.42 bits per heavy atom. The number of amides is 2. The van der Waals surface area contributed by atoms with E-state index in [9.17, 15) is 9.59 Å². The van der Waals surface area contributed by atoms with Crippen molar-refractivity contribution in [3.05, 3.63) is 42.0 Å². The molecule has 1 atom stereocenters. The molecule has 7 heteroatoms. The topological polar surface area (TPSA) is 92.0 Å². The van der Waals surface area contributed by atoms with Crippen molar-refractivity contribution in [2.75, 3.05) is 25.1 Å². The van der Waals surface area contributed by atoms with Crippen molar-refractivity contribution >= 4 is 17.9 Å². The van der Waals surface area contributed by atoms with Crippen LogP contribution >= 0.6 is 0 Å². The SMILES string of the molecule is CCCCCCCNC(=O)N(C)c1ccc(-c2ccc([C@H](CC(=O)O)OCC)cc2)o1. The number of carboxylic acids is 1. The van der Waals surface area contributed by atoms with Crippen molar-refractivity contribution in [3.8, 4) is 11.3 Å². The molecule has 0 bridgehead atoms. The van der Waals surface area contributed by atoms with Gasteiger partial charge < -0.3 is 19.6 Å².